The first kappa shape index (κ1) is 23.5. The summed E-state index contributed by atoms with van der Waals surface area (Å²) in [6.07, 6.45) is 3.08. The number of fused-ring (bicyclic) bond motifs is 1. The summed E-state index contributed by atoms with van der Waals surface area (Å²) in [5.74, 6) is 0.173. The Morgan fingerprint density at radius 2 is 1.78 bits per heavy atom. The molecule has 36 heavy (non-hydrogen) atoms. The third-order valence-corrected chi connectivity index (χ3v) is 6.80. The van der Waals surface area contributed by atoms with Gasteiger partial charge in [0.2, 0.25) is 11.8 Å². The molecule has 0 saturated carbocycles. The number of aromatic nitrogens is 1. The van der Waals surface area contributed by atoms with Crippen LogP contribution in [0.3, 0.4) is 0 Å². The number of rotatable bonds is 8. The van der Waals surface area contributed by atoms with E-state index in [9.17, 15) is 9.59 Å². The maximum atomic E-state index is 13.2. The van der Waals surface area contributed by atoms with Crippen molar-refractivity contribution in [2.24, 2.45) is 5.73 Å². The number of aromatic amines is 1. The van der Waals surface area contributed by atoms with Gasteiger partial charge in [-0.25, -0.2) is 0 Å². The van der Waals surface area contributed by atoms with Crippen molar-refractivity contribution in [2.75, 3.05) is 30.4 Å². The number of benzene rings is 3. The molecule has 0 radical (unpaired) electrons. The van der Waals surface area contributed by atoms with E-state index in [-0.39, 0.29) is 5.91 Å². The lowest BCUT2D eigenvalue weighted by atomic mass is 10.0. The topological polar surface area (TPSA) is 100 Å². The van der Waals surface area contributed by atoms with Gasteiger partial charge in [0.1, 0.15) is 5.75 Å². The number of primary amides is 1. The number of nitrogens with zero attached hydrogens (tertiary/aromatic N) is 1. The predicted octanol–water partition coefficient (Wildman–Crippen LogP) is 5.11. The fourth-order valence-corrected chi connectivity index (χ4v) is 4.94. The number of para-hydroxylation sites is 1. The van der Waals surface area contributed by atoms with Gasteiger partial charge in [-0.15, -0.1) is 0 Å². The Labute approximate surface area is 210 Å². The highest BCUT2D eigenvalue weighted by molar-refractivity contribution is 6.00. The van der Waals surface area contributed by atoms with Crippen LogP contribution in [0.15, 0.2) is 66.7 Å². The monoisotopic (exact) mass is 482 g/mol. The highest BCUT2D eigenvalue weighted by Crippen LogP contribution is 2.33. The van der Waals surface area contributed by atoms with Crippen molar-refractivity contribution < 1.29 is 14.3 Å². The van der Waals surface area contributed by atoms with Crippen LogP contribution in [0.2, 0.25) is 0 Å². The number of carbonyl (C=O) groups excluding carboxylic acids is 2. The molecule has 1 fully saturated rings. The van der Waals surface area contributed by atoms with Crippen LogP contribution < -0.4 is 20.7 Å². The Morgan fingerprint density at radius 3 is 2.50 bits per heavy atom. The Balaban J connectivity index is 1.40. The van der Waals surface area contributed by atoms with Crippen LogP contribution in [-0.2, 0) is 11.2 Å². The van der Waals surface area contributed by atoms with E-state index in [1.807, 2.05) is 48.5 Å². The minimum Gasteiger partial charge on any atom is -0.497 e. The molecule has 1 saturated heterocycles. The van der Waals surface area contributed by atoms with Gasteiger partial charge in [-0.3, -0.25) is 9.59 Å². The van der Waals surface area contributed by atoms with Gasteiger partial charge in [-0.1, -0.05) is 18.2 Å². The molecular weight excluding hydrogens is 452 g/mol. The lowest BCUT2D eigenvalue weighted by Crippen LogP contribution is -2.22. The average Bonchev–Trinajstić information content (AvgIpc) is 3.56. The number of ether oxygens (including phenoxy) is 1. The molecule has 5 rings (SSSR count). The van der Waals surface area contributed by atoms with Crippen LogP contribution in [0.1, 0.15) is 35.2 Å². The Bertz CT molecular complexity index is 1400. The minimum absolute atomic E-state index is 0.108. The lowest BCUT2D eigenvalue weighted by molar-refractivity contribution is -0.116. The van der Waals surface area contributed by atoms with Crippen LogP contribution in [0.4, 0.5) is 11.4 Å². The van der Waals surface area contributed by atoms with E-state index in [0.717, 1.165) is 65.1 Å². The van der Waals surface area contributed by atoms with Crippen molar-refractivity contribution in [1.82, 2.24) is 4.98 Å². The second-order valence-corrected chi connectivity index (χ2v) is 9.09. The Morgan fingerprint density at radius 1 is 1.03 bits per heavy atom. The average molecular weight is 483 g/mol. The molecule has 2 amide bonds. The number of nitrogens with one attached hydrogen (secondary N) is 2. The maximum Gasteiger partial charge on any atom is 0.248 e. The van der Waals surface area contributed by atoms with Gasteiger partial charge in [-0.05, 0) is 78.9 Å². The second-order valence-electron chi connectivity index (χ2n) is 9.09. The quantitative estimate of drug-likeness (QED) is 0.325. The molecule has 0 bridgehead atoms. The van der Waals surface area contributed by atoms with Gasteiger partial charge in [0, 0.05) is 41.7 Å². The van der Waals surface area contributed by atoms with Crippen LogP contribution in [0.25, 0.3) is 22.2 Å². The molecule has 4 aromatic rings. The Kier molecular flexibility index (Phi) is 6.62. The summed E-state index contributed by atoms with van der Waals surface area (Å²) in [7, 11) is 1.65. The van der Waals surface area contributed by atoms with Gasteiger partial charge in [0.05, 0.1) is 18.5 Å². The van der Waals surface area contributed by atoms with Crippen molar-refractivity contribution in [3.8, 4) is 17.0 Å². The fraction of sp³-hybridized carbons (Fsp3) is 0.241. The number of H-pyrrole nitrogens is 1. The Hall–Kier alpha value is -4.26. The SMILES string of the molecule is COc1ccc(-c2[nH]c3ccccc3c2CCC(=O)Nc2cc(C(N)=O)ccc2N2CCCC2)cc1. The fourth-order valence-electron chi connectivity index (χ4n) is 4.94. The summed E-state index contributed by atoms with van der Waals surface area (Å²) >= 11 is 0. The van der Waals surface area contributed by atoms with Crippen molar-refractivity contribution in [3.05, 3.63) is 77.9 Å². The highest BCUT2D eigenvalue weighted by Gasteiger charge is 2.19. The molecule has 2 heterocycles. The van der Waals surface area contributed by atoms with Crippen molar-refractivity contribution in [1.29, 1.82) is 0 Å². The highest BCUT2D eigenvalue weighted by atomic mass is 16.5. The molecule has 1 aliphatic heterocycles. The van der Waals surface area contributed by atoms with E-state index in [4.69, 9.17) is 10.5 Å². The van der Waals surface area contributed by atoms with Gasteiger partial charge in [0.15, 0.2) is 0 Å². The second kappa shape index (κ2) is 10.2. The summed E-state index contributed by atoms with van der Waals surface area (Å²) in [6.45, 7) is 1.86. The standard InChI is InChI=1S/C29H30N4O3/c1-36-21-11-8-19(9-12-21)28-23(22-6-2-3-7-24(22)32-28)13-15-27(34)31-25-18-20(29(30)35)10-14-26(25)33-16-4-5-17-33/h2-3,6-12,14,18,32H,4-5,13,15-17H2,1H3,(H2,30,35)(H,31,34). The molecule has 0 unspecified atom stereocenters. The number of hydrogen-bond acceptors (Lipinski definition) is 4. The normalized spacial score (nSPS) is 13.2. The zero-order valence-electron chi connectivity index (χ0n) is 20.3. The molecule has 1 aromatic heterocycles. The van der Waals surface area contributed by atoms with E-state index in [1.165, 1.54) is 0 Å². The number of nitrogens with two attached hydrogens (primary N) is 1. The number of amides is 2. The van der Waals surface area contributed by atoms with Gasteiger partial charge >= 0.3 is 0 Å². The first-order chi connectivity index (χ1) is 17.5. The van der Waals surface area contributed by atoms with E-state index in [0.29, 0.717) is 24.1 Å². The smallest absolute Gasteiger partial charge is 0.248 e. The predicted molar refractivity (Wildman–Crippen MR) is 144 cm³/mol. The van der Waals surface area contributed by atoms with Crippen molar-refractivity contribution in [2.45, 2.75) is 25.7 Å². The first-order valence-corrected chi connectivity index (χ1v) is 12.3. The van der Waals surface area contributed by atoms with Gasteiger partial charge in [-0.2, -0.15) is 0 Å². The number of hydrogen-bond donors (Lipinski definition) is 3. The summed E-state index contributed by atoms with van der Waals surface area (Å²) in [5.41, 5.74) is 11.6. The number of aryl methyl sites for hydroxylation is 1. The number of carbonyl (C=O) groups is 2. The summed E-state index contributed by atoms with van der Waals surface area (Å²) in [6, 6.07) is 21.3. The first-order valence-electron chi connectivity index (χ1n) is 12.3. The van der Waals surface area contributed by atoms with E-state index < -0.39 is 5.91 Å². The van der Waals surface area contributed by atoms with Crippen LogP contribution in [0.5, 0.6) is 5.75 Å². The molecule has 7 nitrogen and oxygen atoms in total. The van der Waals surface area contributed by atoms with Crippen LogP contribution in [-0.4, -0.2) is 37.0 Å². The summed E-state index contributed by atoms with van der Waals surface area (Å²) in [5, 5.41) is 4.15. The number of anilines is 2. The molecule has 1 aliphatic rings. The van der Waals surface area contributed by atoms with Crippen molar-refractivity contribution in [3.63, 3.8) is 0 Å². The minimum atomic E-state index is -0.513. The molecular formula is C29H30N4O3. The van der Waals surface area contributed by atoms with E-state index in [2.05, 4.69) is 21.3 Å². The molecule has 4 N–H and O–H groups in total. The van der Waals surface area contributed by atoms with Crippen molar-refractivity contribution >= 4 is 34.1 Å². The summed E-state index contributed by atoms with van der Waals surface area (Å²) < 4.78 is 5.30. The third kappa shape index (κ3) is 4.77. The van der Waals surface area contributed by atoms with Crippen LogP contribution >= 0.6 is 0 Å². The molecule has 3 aromatic carbocycles. The van der Waals surface area contributed by atoms with E-state index in [1.54, 1.807) is 19.2 Å². The third-order valence-electron chi connectivity index (χ3n) is 6.80. The molecule has 0 spiro atoms. The maximum absolute atomic E-state index is 13.2. The van der Waals surface area contributed by atoms with E-state index >= 15 is 0 Å². The number of methoxy groups -OCH3 is 1. The van der Waals surface area contributed by atoms with Gasteiger partial charge < -0.3 is 25.7 Å². The zero-order chi connectivity index (χ0) is 25.1. The van der Waals surface area contributed by atoms with Crippen LogP contribution in [0, 0.1) is 0 Å². The molecule has 184 valence electrons. The van der Waals surface area contributed by atoms with Gasteiger partial charge in [0.25, 0.3) is 0 Å². The zero-order valence-corrected chi connectivity index (χ0v) is 20.3. The molecule has 0 aliphatic carbocycles. The molecule has 0 atom stereocenters. The summed E-state index contributed by atoms with van der Waals surface area (Å²) in [4.78, 5) is 30.7. The largest absolute Gasteiger partial charge is 0.497 e. The lowest BCUT2D eigenvalue weighted by Gasteiger charge is -2.22. The molecule has 7 heteroatoms.